The molecule has 2 N–H and O–H groups in total. The quantitative estimate of drug-likeness (QED) is 0.604. The summed E-state index contributed by atoms with van der Waals surface area (Å²) in [6.45, 7) is 4.96. The average Bonchev–Trinajstić information content (AvgIpc) is 2.53. The van der Waals surface area contributed by atoms with Gasteiger partial charge in [0.05, 0.1) is 10.6 Å². The zero-order valence-corrected chi connectivity index (χ0v) is 15.1. The molecule has 0 saturated heterocycles. The van der Waals surface area contributed by atoms with Gasteiger partial charge in [-0.3, -0.25) is 0 Å². The lowest BCUT2D eigenvalue weighted by Crippen LogP contribution is -2.22. The van der Waals surface area contributed by atoms with E-state index < -0.39 is 15.6 Å². The van der Waals surface area contributed by atoms with Crippen LogP contribution in [0, 0.1) is 6.92 Å². The molecule has 0 radical (unpaired) electrons. The van der Waals surface area contributed by atoms with Crippen LogP contribution in [0.5, 0.6) is 5.75 Å². The molecular weight excluding hydrogens is 344 g/mol. The van der Waals surface area contributed by atoms with Gasteiger partial charge >= 0.3 is 5.63 Å². The molecule has 1 aromatic carbocycles. The third-order valence-corrected chi connectivity index (χ3v) is 4.75. The van der Waals surface area contributed by atoms with Gasteiger partial charge in [-0.15, -0.1) is 0 Å². The average molecular weight is 364 g/mol. The smallest absolute Gasteiger partial charge is 0.348 e. The number of nitrogens with one attached hydrogen (secondary N) is 1. The van der Waals surface area contributed by atoms with Crippen molar-refractivity contribution in [1.29, 1.82) is 0 Å². The Kier molecular flexibility index (Phi) is 5.63. The molecule has 134 valence electrons. The summed E-state index contributed by atoms with van der Waals surface area (Å²) in [5.41, 5.74) is 0.0641. The fraction of sp³-hybridized carbons (Fsp3) is 0.294. The number of rotatable bonds is 6. The van der Waals surface area contributed by atoms with Crippen LogP contribution in [-0.2, 0) is 16.4 Å². The van der Waals surface area contributed by atoms with Crippen molar-refractivity contribution in [1.82, 2.24) is 4.83 Å². The molecule has 7 nitrogen and oxygen atoms in total. The third kappa shape index (κ3) is 4.48. The van der Waals surface area contributed by atoms with Crippen molar-refractivity contribution in [3.05, 3.63) is 57.6 Å². The van der Waals surface area contributed by atoms with Crippen LogP contribution in [0.2, 0.25) is 0 Å². The lowest BCUT2D eigenvalue weighted by atomic mass is 10.1. The molecule has 0 aliphatic rings. The van der Waals surface area contributed by atoms with E-state index in [9.17, 15) is 18.3 Å². The Bertz CT molecular complexity index is 944. The van der Waals surface area contributed by atoms with Gasteiger partial charge in [0.1, 0.15) is 17.1 Å². The normalized spacial score (nSPS) is 12.2. The van der Waals surface area contributed by atoms with Gasteiger partial charge in [0.15, 0.2) is 0 Å². The summed E-state index contributed by atoms with van der Waals surface area (Å²) < 4.78 is 29.4. The van der Waals surface area contributed by atoms with Crippen LogP contribution in [-0.4, -0.2) is 19.2 Å². The Balaban J connectivity index is 2.26. The molecule has 2 rings (SSSR count). The molecule has 0 bridgehead atoms. The van der Waals surface area contributed by atoms with E-state index in [0.717, 1.165) is 18.4 Å². The Hall–Kier alpha value is -2.61. The molecule has 0 saturated carbocycles. The molecule has 25 heavy (non-hydrogen) atoms. The summed E-state index contributed by atoms with van der Waals surface area (Å²) in [5, 5.41) is 13.6. The highest BCUT2D eigenvalue weighted by Crippen LogP contribution is 2.16. The van der Waals surface area contributed by atoms with Crippen LogP contribution in [0.1, 0.15) is 37.2 Å². The number of nitrogens with zero attached hydrogens (tertiary/aromatic N) is 1. The lowest BCUT2D eigenvalue weighted by Gasteiger charge is -2.07. The Morgan fingerprint density at radius 2 is 1.92 bits per heavy atom. The third-order valence-electron chi connectivity index (χ3n) is 3.52. The topological polar surface area (TPSA) is 109 Å². The Labute approximate surface area is 146 Å². The van der Waals surface area contributed by atoms with Gasteiger partial charge in [-0.25, -0.2) is 4.79 Å². The predicted octanol–water partition coefficient (Wildman–Crippen LogP) is 2.31. The van der Waals surface area contributed by atoms with Crippen molar-refractivity contribution in [3.8, 4) is 5.75 Å². The molecule has 0 aliphatic heterocycles. The molecule has 1 heterocycles. The Morgan fingerprint density at radius 1 is 1.28 bits per heavy atom. The van der Waals surface area contributed by atoms with E-state index in [4.69, 9.17) is 4.42 Å². The van der Waals surface area contributed by atoms with E-state index in [1.54, 1.807) is 12.1 Å². The van der Waals surface area contributed by atoms with Gasteiger partial charge in [0, 0.05) is 6.07 Å². The van der Waals surface area contributed by atoms with Crippen molar-refractivity contribution in [2.75, 3.05) is 0 Å². The number of aryl methyl sites for hydroxylation is 2. The summed E-state index contributed by atoms with van der Waals surface area (Å²) in [5.74, 6) is -0.0788. The second-order valence-corrected chi connectivity index (χ2v) is 7.25. The summed E-state index contributed by atoms with van der Waals surface area (Å²) in [7, 11) is -3.88. The number of hydrogen-bond donors (Lipinski definition) is 2. The number of aromatic hydroxyl groups is 1. The minimum absolute atomic E-state index is 0.00238. The summed E-state index contributed by atoms with van der Waals surface area (Å²) >= 11 is 0. The fourth-order valence-electron chi connectivity index (χ4n) is 2.29. The van der Waals surface area contributed by atoms with Crippen molar-refractivity contribution in [2.45, 2.75) is 38.5 Å². The maximum Gasteiger partial charge on any atom is 0.348 e. The van der Waals surface area contributed by atoms with Crippen molar-refractivity contribution in [2.24, 2.45) is 5.10 Å². The number of hydrogen-bond acceptors (Lipinski definition) is 6. The van der Waals surface area contributed by atoms with Crippen LogP contribution >= 0.6 is 0 Å². The molecule has 0 fully saturated rings. The first kappa shape index (κ1) is 18.7. The van der Waals surface area contributed by atoms with Crippen LogP contribution in [0.3, 0.4) is 0 Å². The van der Waals surface area contributed by atoms with Gasteiger partial charge in [-0.1, -0.05) is 25.5 Å². The first-order valence-corrected chi connectivity index (χ1v) is 9.22. The molecule has 1 aromatic heterocycles. The first-order chi connectivity index (χ1) is 11.7. The van der Waals surface area contributed by atoms with Gasteiger partial charge in [0.25, 0.3) is 10.0 Å². The van der Waals surface area contributed by atoms with E-state index in [-0.39, 0.29) is 27.7 Å². The Morgan fingerprint density at radius 3 is 2.48 bits per heavy atom. The van der Waals surface area contributed by atoms with E-state index in [1.165, 1.54) is 32.0 Å². The zero-order chi connectivity index (χ0) is 18.6. The molecule has 0 atom stereocenters. The highest BCUT2D eigenvalue weighted by molar-refractivity contribution is 7.89. The molecule has 0 unspecified atom stereocenters. The zero-order valence-electron chi connectivity index (χ0n) is 14.2. The lowest BCUT2D eigenvalue weighted by molar-refractivity contribution is 0.432. The maximum atomic E-state index is 12.3. The van der Waals surface area contributed by atoms with Gasteiger partial charge in [-0.05, 0) is 38.0 Å². The van der Waals surface area contributed by atoms with Crippen LogP contribution in [0.15, 0.2) is 49.5 Å². The minimum atomic E-state index is -3.88. The standard InChI is InChI=1S/C17H20N2O5S/c1-4-5-13-6-8-14(9-7-13)25(22,23)19-18-12(3)16-15(20)10-11(2)24-17(16)21/h6-10,19-20H,4-5H2,1-3H3/b18-12-. The summed E-state index contributed by atoms with van der Waals surface area (Å²) in [4.78, 5) is 13.9. The minimum Gasteiger partial charge on any atom is -0.507 e. The largest absolute Gasteiger partial charge is 0.507 e. The molecule has 0 spiro atoms. The number of benzene rings is 1. The molecule has 0 amide bonds. The van der Waals surface area contributed by atoms with Gasteiger partial charge < -0.3 is 9.52 Å². The first-order valence-electron chi connectivity index (χ1n) is 7.73. The van der Waals surface area contributed by atoms with E-state index in [0.29, 0.717) is 0 Å². The SMILES string of the molecule is CCCc1ccc(S(=O)(=O)N/N=C(/C)c2c(O)cc(C)oc2=O)cc1. The fourth-order valence-corrected chi connectivity index (χ4v) is 3.15. The van der Waals surface area contributed by atoms with E-state index in [1.807, 2.05) is 6.92 Å². The van der Waals surface area contributed by atoms with Crippen molar-refractivity contribution >= 4 is 15.7 Å². The monoisotopic (exact) mass is 364 g/mol. The number of sulfonamides is 1. The molecule has 8 heteroatoms. The van der Waals surface area contributed by atoms with Gasteiger partial charge in [-0.2, -0.15) is 18.4 Å². The highest BCUT2D eigenvalue weighted by atomic mass is 32.2. The second-order valence-electron chi connectivity index (χ2n) is 5.59. The van der Waals surface area contributed by atoms with Gasteiger partial charge in [0.2, 0.25) is 0 Å². The summed E-state index contributed by atoms with van der Waals surface area (Å²) in [6.07, 6.45) is 1.84. The molecule has 2 aromatic rings. The van der Waals surface area contributed by atoms with E-state index in [2.05, 4.69) is 9.93 Å². The summed E-state index contributed by atoms with van der Waals surface area (Å²) in [6, 6.07) is 7.74. The van der Waals surface area contributed by atoms with Crippen LogP contribution in [0.4, 0.5) is 0 Å². The van der Waals surface area contributed by atoms with Crippen LogP contribution < -0.4 is 10.5 Å². The van der Waals surface area contributed by atoms with Crippen LogP contribution in [0.25, 0.3) is 0 Å². The highest BCUT2D eigenvalue weighted by Gasteiger charge is 2.16. The van der Waals surface area contributed by atoms with Crippen molar-refractivity contribution in [3.63, 3.8) is 0 Å². The second kappa shape index (κ2) is 7.52. The predicted molar refractivity (Wildman–Crippen MR) is 94.3 cm³/mol. The maximum absolute atomic E-state index is 12.3. The molecule has 0 aliphatic carbocycles. The molecular formula is C17H20N2O5S. The van der Waals surface area contributed by atoms with E-state index >= 15 is 0 Å². The van der Waals surface area contributed by atoms with Crippen molar-refractivity contribution < 1.29 is 17.9 Å². The number of hydrazone groups is 1.